The van der Waals surface area contributed by atoms with Gasteiger partial charge in [0, 0.05) is 49.1 Å². The molecule has 7 rings (SSSR count). The lowest BCUT2D eigenvalue weighted by molar-refractivity contribution is -0.148. The molecule has 1 N–H and O–H groups in total. The molecule has 296 valence electrons. The predicted molar refractivity (Wildman–Crippen MR) is 217 cm³/mol. The van der Waals surface area contributed by atoms with E-state index in [1.165, 1.54) is 19.2 Å². The number of nitrogens with zero attached hydrogens (tertiary/aromatic N) is 4. The molecular formula is C45H55N5O6. The molecule has 2 aromatic carbocycles. The van der Waals surface area contributed by atoms with Crippen LogP contribution in [0.15, 0.2) is 70.9 Å². The van der Waals surface area contributed by atoms with Crippen molar-refractivity contribution in [2.45, 2.75) is 91.1 Å². The molecule has 0 radical (unpaired) electrons. The van der Waals surface area contributed by atoms with E-state index in [0.29, 0.717) is 31.2 Å². The normalized spacial score (nSPS) is 24.5. The summed E-state index contributed by atoms with van der Waals surface area (Å²) < 4.78 is 9.80. The molecule has 2 bridgehead atoms. The minimum absolute atomic E-state index is 0.0160. The molecule has 1 saturated heterocycles. The van der Waals surface area contributed by atoms with Gasteiger partial charge in [-0.25, -0.2) is 9.80 Å². The number of allylic oxidation sites excluding steroid dienone is 2. The zero-order valence-corrected chi connectivity index (χ0v) is 33.5. The van der Waals surface area contributed by atoms with E-state index in [1.54, 1.807) is 0 Å². The van der Waals surface area contributed by atoms with Crippen molar-refractivity contribution < 1.29 is 28.7 Å². The van der Waals surface area contributed by atoms with Crippen LogP contribution in [0.4, 0.5) is 4.79 Å². The molecule has 2 aromatic rings. The van der Waals surface area contributed by atoms with Crippen LogP contribution in [-0.4, -0.2) is 78.1 Å². The van der Waals surface area contributed by atoms with Crippen molar-refractivity contribution in [2.24, 2.45) is 45.5 Å². The fourth-order valence-electron chi connectivity index (χ4n) is 9.70. The first-order valence-corrected chi connectivity index (χ1v) is 20.2. The zero-order valence-electron chi connectivity index (χ0n) is 33.5. The average Bonchev–Trinajstić information content (AvgIpc) is 4.06. The van der Waals surface area contributed by atoms with E-state index in [1.807, 2.05) is 45.0 Å². The van der Waals surface area contributed by atoms with Gasteiger partial charge in [0.15, 0.2) is 0 Å². The van der Waals surface area contributed by atoms with Crippen molar-refractivity contribution in [1.82, 2.24) is 15.3 Å². The van der Waals surface area contributed by atoms with Crippen molar-refractivity contribution in [2.75, 3.05) is 20.8 Å². The number of hydrazine groups is 1. The van der Waals surface area contributed by atoms with Crippen LogP contribution < -0.4 is 5.43 Å². The number of likely N-dealkylation sites (tertiary alicyclic amines) is 1. The number of hydrogen-bond donors (Lipinski definition) is 1. The van der Waals surface area contributed by atoms with Gasteiger partial charge in [-0.3, -0.25) is 29.8 Å². The summed E-state index contributed by atoms with van der Waals surface area (Å²) in [7, 11) is 2.69. The lowest BCUT2D eigenvalue weighted by atomic mass is 9.75. The Morgan fingerprint density at radius 2 is 1.36 bits per heavy atom. The molecule has 2 saturated carbocycles. The Labute approximate surface area is 330 Å². The smallest absolute Gasteiger partial charge is 0.428 e. The minimum Gasteiger partial charge on any atom is -0.469 e. The molecule has 0 unspecified atom stereocenters. The van der Waals surface area contributed by atoms with Crippen LogP contribution >= 0.6 is 0 Å². The summed E-state index contributed by atoms with van der Waals surface area (Å²) in [6, 6.07) is 16.9. The number of hydrogen-bond acceptors (Lipinski definition) is 8. The Morgan fingerprint density at radius 1 is 0.786 bits per heavy atom. The van der Waals surface area contributed by atoms with Gasteiger partial charge in [-0.1, -0.05) is 62.4 Å². The van der Waals surface area contributed by atoms with Crippen LogP contribution in [0.3, 0.4) is 0 Å². The van der Waals surface area contributed by atoms with Crippen LogP contribution in [0.2, 0.25) is 0 Å². The van der Waals surface area contributed by atoms with E-state index in [9.17, 15) is 19.2 Å². The third-order valence-electron chi connectivity index (χ3n) is 12.7. The van der Waals surface area contributed by atoms with Crippen molar-refractivity contribution in [3.8, 4) is 11.1 Å². The van der Waals surface area contributed by atoms with E-state index < -0.39 is 12.0 Å². The number of aliphatic imine (C=N–C) groups is 2. The van der Waals surface area contributed by atoms with Gasteiger partial charge < -0.3 is 14.4 Å². The minimum atomic E-state index is -0.568. The summed E-state index contributed by atoms with van der Waals surface area (Å²) in [6.45, 7) is 8.34. The summed E-state index contributed by atoms with van der Waals surface area (Å²) in [5.74, 6) is -0.249. The second-order valence-corrected chi connectivity index (χ2v) is 16.7. The Kier molecular flexibility index (Phi) is 11.6. The largest absolute Gasteiger partial charge is 0.469 e. The Hall–Kier alpha value is -5.06. The summed E-state index contributed by atoms with van der Waals surface area (Å²) in [6.07, 6.45) is 9.80. The Balaban J connectivity index is 0.951. The van der Waals surface area contributed by atoms with Crippen LogP contribution in [0.25, 0.3) is 22.3 Å². The quantitative estimate of drug-likeness (QED) is 0.184. The molecule has 5 aliphatic rings. The molecule has 3 aliphatic heterocycles. The number of esters is 1. The second-order valence-electron chi connectivity index (χ2n) is 16.7. The highest BCUT2D eigenvalue weighted by Crippen LogP contribution is 2.54. The number of rotatable bonds is 11. The molecule has 0 spiro atoms. The van der Waals surface area contributed by atoms with Gasteiger partial charge in [0.25, 0.3) is 0 Å². The highest BCUT2D eigenvalue weighted by molar-refractivity contribution is 6.04. The molecular weight excluding hydrogens is 707 g/mol. The lowest BCUT2D eigenvalue weighted by Gasteiger charge is -2.33. The number of fused-ring (bicyclic) bond motifs is 2. The molecule has 6 atom stereocenters. The second kappa shape index (κ2) is 16.6. The highest BCUT2D eigenvalue weighted by Gasteiger charge is 2.53. The summed E-state index contributed by atoms with van der Waals surface area (Å²) in [5, 5.41) is 1.28. The third kappa shape index (κ3) is 7.82. The van der Waals surface area contributed by atoms with E-state index in [4.69, 9.17) is 19.5 Å². The van der Waals surface area contributed by atoms with Gasteiger partial charge >= 0.3 is 12.1 Å². The number of nitrogens with one attached hydrogen (secondary N) is 1. The number of benzene rings is 2. The Morgan fingerprint density at radius 3 is 1.93 bits per heavy atom. The van der Waals surface area contributed by atoms with Gasteiger partial charge in [-0.05, 0) is 97.1 Å². The maximum atomic E-state index is 13.7. The first kappa shape index (κ1) is 39.2. The van der Waals surface area contributed by atoms with Crippen LogP contribution in [0.5, 0.6) is 0 Å². The summed E-state index contributed by atoms with van der Waals surface area (Å²) in [4.78, 5) is 63.4. The number of carbonyl (C=O) groups excluding carboxylic acids is 4. The monoisotopic (exact) mass is 761 g/mol. The van der Waals surface area contributed by atoms with Crippen molar-refractivity contribution in [3.63, 3.8) is 0 Å². The number of methoxy groups -OCH3 is 2. The van der Waals surface area contributed by atoms with Crippen LogP contribution in [-0.2, 0) is 23.9 Å². The van der Waals surface area contributed by atoms with E-state index >= 15 is 0 Å². The first-order valence-electron chi connectivity index (χ1n) is 20.2. The number of carbonyl (C=O) groups is 4. The average molecular weight is 762 g/mol. The molecule has 0 aromatic heterocycles. The van der Waals surface area contributed by atoms with Gasteiger partial charge in [0.2, 0.25) is 11.8 Å². The number of ether oxygens (including phenoxy) is 2. The van der Waals surface area contributed by atoms with Gasteiger partial charge in [0.1, 0.15) is 0 Å². The van der Waals surface area contributed by atoms with Gasteiger partial charge in [-0.2, -0.15) is 0 Å². The molecule has 11 nitrogen and oxygen atoms in total. The predicted octanol–water partition coefficient (Wildman–Crippen LogP) is 7.72. The van der Waals surface area contributed by atoms with E-state index in [2.05, 4.69) is 54.0 Å². The molecule has 3 heterocycles. The van der Waals surface area contributed by atoms with Crippen molar-refractivity contribution in [3.05, 3.63) is 72.1 Å². The fraction of sp³-hybridized carbons (Fsp3) is 0.511. The maximum Gasteiger partial charge on any atom is 0.428 e. The van der Waals surface area contributed by atoms with Crippen molar-refractivity contribution in [1.29, 1.82) is 0 Å². The SMILES string of the molecule is COC(=O)C[C@H](C(=O)N1CCC[C@H]1C1=NC=C(c2ccc(-c3ccc(C4=CN=C([C@@H]5[C@H]6CC[C@H](C6)[C@H]5C(=O)NN(C(=O)OC)C(C)C)C4)cc3)cc2)C1)C(C)C. The lowest BCUT2D eigenvalue weighted by Crippen LogP contribution is -2.53. The topological polar surface area (TPSA) is 130 Å². The maximum absolute atomic E-state index is 13.7. The Bertz CT molecular complexity index is 1960. The molecule has 3 fully saturated rings. The van der Waals surface area contributed by atoms with Crippen molar-refractivity contribution >= 4 is 46.4 Å². The summed E-state index contributed by atoms with van der Waals surface area (Å²) in [5.41, 5.74) is 11.7. The molecule has 56 heavy (non-hydrogen) atoms. The standard InChI is InChI=1S/C45H55N5O6/c1-26(2)36(23-40(51)55-5)44(53)49-19-7-8-39(49)37-21-34(24-46-37)30-13-9-28(10-14-30)29-11-15-31(16-12-29)35-22-38(47-25-35)41-32-17-18-33(20-32)42(41)43(52)48-50(27(3)4)45(54)56-6/h9-16,24-27,32-33,36,39,41-42H,7-8,17-23H2,1-6H3,(H,48,52)/t32-,33+,36-,39-,41-,42+/m0/s1. The summed E-state index contributed by atoms with van der Waals surface area (Å²) >= 11 is 0. The zero-order chi connectivity index (χ0) is 39.7. The van der Waals surface area contributed by atoms with Gasteiger partial charge in [0.05, 0.1) is 44.6 Å². The molecule has 3 amide bonds. The van der Waals surface area contributed by atoms with E-state index in [-0.39, 0.29) is 54.0 Å². The fourth-order valence-corrected chi connectivity index (χ4v) is 9.70. The number of amides is 3. The molecule has 2 aliphatic carbocycles. The first-order chi connectivity index (χ1) is 27.0. The van der Waals surface area contributed by atoms with Crippen LogP contribution in [0.1, 0.15) is 90.2 Å². The molecule has 11 heteroatoms. The van der Waals surface area contributed by atoms with Gasteiger partial charge in [-0.15, -0.1) is 0 Å². The third-order valence-corrected chi connectivity index (χ3v) is 12.7. The highest BCUT2D eigenvalue weighted by atomic mass is 16.5. The van der Waals surface area contributed by atoms with E-state index in [0.717, 1.165) is 76.9 Å². The van der Waals surface area contributed by atoms with Crippen LogP contribution in [0, 0.1) is 35.5 Å².